The van der Waals surface area contributed by atoms with E-state index in [0.29, 0.717) is 57.0 Å². The number of aromatic nitrogens is 1. The van der Waals surface area contributed by atoms with Crippen molar-refractivity contribution < 1.29 is 18.8 Å². The van der Waals surface area contributed by atoms with Crippen LogP contribution < -0.4 is 5.56 Å². The summed E-state index contributed by atoms with van der Waals surface area (Å²) in [5.74, 6) is 1.03. The summed E-state index contributed by atoms with van der Waals surface area (Å²) in [6.07, 6.45) is 3.93. The van der Waals surface area contributed by atoms with Crippen molar-refractivity contribution in [3.8, 4) is 0 Å². The number of amides is 2. The van der Waals surface area contributed by atoms with E-state index >= 15 is 0 Å². The third-order valence-corrected chi connectivity index (χ3v) is 5.86. The van der Waals surface area contributed by atoms with Crippen LogP contribution in [0, 0.1) is 5.92 Å². The molecular weight excluding hydrogens is 350 g/mol. The first-order chi connectivity index (χ1) is 12.9. The lowest BCUT2D eigenvalue weighted by molar-refractivity contribution is -0.134. The Bertz CT molecular complexity index is 713. The number of aromatic amines is 1. The van der Waals surface area contributed by atoms with E-state index in [1.165, 1.54) is 6.07 Å². The second-order valence-corrected chi connectivity index (χ2v) is 7.67. The first-order valence-electron chi connectivity index (χ1n) is 9.88. The van der Waals surface area contributed by atoms with E-state index in [2.05, 4.69) is 19.0 Å². The molecule has 8 nitrogen and oxygen atoms in total. The first-order valence-corrected chi connectivity index (χ1v) is 9.88. The highest BCUT2D eigenvalue weighted by Gasteiger charge is 2.47. The van der Waals surface area contributed by atoms with Gasteiger partial charge in [-0.1, -0.05) is 26.7 Å². The van der Waals surface area contributed by atoms with E-state index in [1.54, 1.807) is 0 Å². The molecule has 2 fully saturated rings. The Morgan fingerprint density at radius 1 is 1.26 bits per heavy atom. The Balaban J connectivity index is 1.48. The zero-order chi connectivity index (χ0) is 19.4. The second-order valence-electron chi connectivity index (χ2n) is 7.67. The van der Waals surface area contributed by atoms with Gasteiger partial charge in [0.15, 0.2) is 0 Å². The quantitative estimate of drug-likeness (QED) is 0.783. The maximum absolute atomic E-state index is 12.4. The van der Waals surface area contributed by atoms with Gasteiger partial charge in [0.1, 0.15) is 11.4 Å². The predicted octanol–water partition coefficient (Wildman–Crippen LogP) is 2.15. The minimum Gasteiger partial charge on any atom is -0.441 e. The van der Waals surface area contributed by atoms with Crippen LogP contribution >= 0.6 is 0 Å². The zero-order valence-electron chi connectivity index (χ0n) is 16.2. The molecular formula is C19H29N3O5. The van der Waals surface area contributed by atoms with E-state index in [-0.39, 0.29) is 17.6 Å². The van der Waals surface area contributed by atoms with Gasteiger partial charge in [0.25, 0.3) is 5.56 Å². The normalized spacial score (nSPS) is 19.1. The Morgan fingerprint density at radius 3 is 2.56 bits per heavy atom. The maximum Gasteiger partial charge on any atom is 0.410 e. The van der Waals surface area contributed by atoms with E-state index in [1.807, 2.05) is 9.80 Å². The number of rotatable bonds is 7. The van der Waals surface area contributed by atoms with Gasteiger partial charge >= 0.3 is 6.09 Å². The fourth-order valence-electron chi connectivity index (χ4n) is 3.95. The summed E-state index contributed by atoms with van der Waals surface area (Å²) in [5.41, 5.74) is -0.744. The third kappa shape index (κ3) is 4.54. The Labute approximate surface area is 158 Å². The first kappa shape index (κ1) is 19.5. The molecule has 0 saturated carbocycles. The summed E-state index contributed by atoms with van der Waals surface area (Å²) in [5, 5.41) is 2.23. The van der Waals surface area contributed by atoms with E-state index < -0.39 is 5.60 Å². The molecule has 0 atom stereocenters. The maximum atomic E-state index is 12.4. The SMILES string of the molecule is CCC(CC)CN1CC2(CCN(C(=O)CCc3cc(=O)[nH]o3)CC2)OC1=O. The highest BCUT2D eigenvalue weighted by Crippen LogP contribution is 2.34. The minimum atomic E-state index is -0.451. The molecule has 1 N–H and O–H groups in total. The molecule has 2 saturated heterocycles. The molecule has 0 aromatic carbocycles. The predicted molar refractivity (Wildman–Crippen MR) is 98.3 cm³/mol. The lowest BCUT2D eigenvalue weighted by atomic mass is 9.90. The zero-order valence-corrected chi connectivity index (χ0v) is 16.2. The van der Waals surface area contributed by atoms with Gasteiger partial charge in [0.2, 0.25) is 5.91 Å². The lowest BCUT2D eigenvalue weighted by Crippen LogP contribution is -2.49. The molecule has 2 amide bonds. The van der Waals surface area contributed by atoms with Gasteiger partial charge in [-0.05, 0) is 5.92 Å². The number of likely N-dealkylation sites (tertiary alicyclic amines) is 1. The van der Waals surface area contributed by atoms with Crippen LogP contribution in [0.15, 0.2) is 15.4 Å². The van der Waals surface area contributed by atoms with Crippen molar-refractivity contribution in [1.29, 1.82) is 0 Å². The largest absolute Gasteiger partial charge is 0.441 e. The van der Waals surface area contributed by atoms with E-state index in [4.69, 9.17) is 9.26 Å². The molecule has 1 aromatic rings. The van der Waals surface area contributed by atoms with Gasteiger partial charge in [-0.15, -0.1) is 0 Å². The number of H-pyrrole nitrogens is 1. The third-order valence-electron chi connectivity index (χ3n) is 5.86. The van der Waals surface area contributed by atoms with Crippen LogP contribution in [0.2, 0.25) is 0 Å². The fourth-order valence-corrected chi connectivity index (χ4v) is 3.95. The van der Waals surface area contributed by atoms with Crippen LogP contribution in [-0.2, 0) is 16.0 Å². The van der Waals surface area contributed by atoms with Gasteiger partial charge in [-0.25, -0.2) is 4.79 Å². The fraction of sp³-hybridized carbons (Fsp3) is 0.737. The van der Waals surface area contributed by atoms with Crippen LogP contribution in [-0.4, -0.2) is 58.7 Å². The highest BCUT2D eigenvalue weighted by atomic mass is 16.6. The summed E-state index contributed by atoms with van der Waals surface area (Å²) >= 11 is 0. The molecule has 0 aliphatic carbocycles. The number of hydrogen-bond acceptors (Lipinski definition) is 5. The van der Waals surface area contributed by atoms with Gasteiger partial charge < -0.3 is 19.1 Å². The molecule has 3 rings (SSSR count). The number of nitrogens with one attached hydrogen (secondary N) is 1. The van der Waals surface area contributed by atoms with Gasteiger partial charge in [0.05, 0.1) is 6.54 Å². The summed E-state index contributed by atoms with van der Waals surface area (Å²) < 4.78 is 10.7. The molecule has 0 unspecified atom stereocenters. The minimum absolute atomic E-state index is 0.0342. The molecule has 0 bridgehead atoms. The Kier molecular flexibility index (Phi) is 5.92. The summed E-state index contributed by atoms with van der Waals surface area (Å²) in [6, 6.07) is 1.37. The van der Waals surface area contributed by atoms with Crippen molar-refractivity contribution in [2.45, 2.75) is 58.0 Å². The molecule has 2 aliphatic heterocycles. The van der Waals surface area contributed by atoms with Crippen LogP contribution in [0.1, 0.15) is 51.7 Å². The molecule has 2 aliphatic rings. The van der Waals surface area contributed by atoms with Crippen LogP contribution in [0.5, 0.6) is 0 Å². The number of carbonyl (C=O) groups excluding carboxylic acids is 2. The Hall–Kier alpha value is -2.25. The lowest BCUT2D eigenvalue weighted by Gasteiger charge is -2.37. The number of hydrogen-bond donors (Lipinski definition) is 1. The monoisotopic (exact) mass is 379 g/mol. The topological polar surface area (TPSA) is 95.9 Å². The number of aryl methyl sites for hydroxylation is 1. The van der Waals surface area contributed by atoms with Gasteiger partial charge in [-0.3, -0.25) is 9.59 Å². The standard InChI is InChI=1S/C19H29N3O5/c1-3-14(4-2)12-22-13-19(26-18(22)25)7-9-21(10-8-19)17(24)6-5-15-11-16(23)20-27-15/h11,14H,3-10,12-13H2,1-2H3,(H,20,23). The number of carbonyl (C=O) groups is 2. The summed E-state index contributed by atoms with van der Waals surface area (Å²) in [4.78, 5) is 39.4. The number of nitrogens with zero attached hydrogens (tertiary/aromatic N) is 2. The second kappa shape index (κ2) is 8.19. The van der Waals surface area contributed by atoms with Crippen LogP contribution in [0.3, 0.4) is 0 Å². The molecule has 0 radical (unpaired) electrons. The van der Waals surface area contributed by atoms with Crippen molar-refractivity contribution >= 4 is 12.0 Å². The molecule has 150 valence electrons. The van der Waals surface area contributed by atoms with Crippen molar-refractivity contribution in [1.82, 2.24) is 15.0 Å². The van der Waals surface area contributed by atoms with Gasteiger partial charge in [0, 0.05) is 51.4 Å². The van der Waals surface area contributed by atoms with Crippen molar-refractivity contribution in [2.24, 2.45) is 5.92 Å². The van der Waals surface area contributed by atoms with Crippen molar-refractivity contribution in [2.75, 3.05) is 26.2 Å². The van der Waals surface area contributed by atoms with Crippen molar-refractivity contribution in [3.63, 3.8) is 0 Å². The van der Waals surface area contributed by atoms with Crippen LogP contribution in [0.25, 0.3) is 0 Å². The van der Waals surface area contributed by atoms with E-state index in [9.17, 15) is 14.4 Å². The van der Waals surface area contributed by atoms with Crippen molar-refractivity contribution in [3.05, 3.63) is 22.2 Å². The molecule has 27 heavy (non-hydrogen) atoms. The van der Waals surface area contributed by atoms with Gasteiger partial charge in [-0.2, -0.15) is 5.16 Å². The number of piperidine rings is 1. The molecule has 8 heteroatoms. The number of ether oxygens (including phenoxy) is 1. The molecule has 1 aromatic heterocycles. The van der Waals surface area contributed by atoms with E-state index in [0.717, 1.165) is 19.4 Å². The Morgan fingerprint density at radius 2 is 1.96 bits per heavy atom. The molecule has 1 spiro atoms. The highest BCUT2D eigenvalue weighted by molar-refractivity contribution is 5.76. The average molecular weight is 379 g/mol. The summed E-state index contributed by atoms with van der Waals surface area (Å²) in [7, 11) is 0. The molecule has 3 heterocycles. The summed E-state index contributed by atoms with van der Waals surface area (Å²) in [6.45, 7) is 6.84. The van der Waals surface area contributed by atoms with Crippen LogP contribution in [0.4, 0.5) is 4.79 Å². The smallest absolute Gasteiger partial charge is 0.410 e. The average Bonchev–Trinajstić information content (AvgIpc) is 3.21.